The van der Waals surface area contributed by atoms with Gasteiger partial charge < -0.3 is 4.98 Å². The molecule has 2 aromatic rings. The molecule has 0 spiro atoms. The smallest absolute Gasteiger partial charge is 0.251 e. The van der Waals surface area contributed by atoms with Gasteiger partial charge in [-0.2, -0.15) is 0 Å². The number of H-pyrrole nitrogens is 1. The van der Waals surface area contributed by atoms with E-state index in [-0.39, 0.29) is 31.0 Å². The normalized spacial score (nSPS) is 21.6. The Labute approximate surface area is 180 Å². The topological polar surface area (TPSA) is 58.1 Å². The van der Waals surface area contributed by atoms with Crippen LogP contribution < -0.4 is 0 Å². The molecule has 0 saturated heterocycles. The third-order valence-electron chi connectivity index (χ3n) is 5.86. The van der Waals surface area contributed by atoms with Crippen LogP contribution in [0.3, 0.4) is 0 Å². The Morgan fingerprint density at radius 2 is 2.27 bits per heavy atom. The second-order valence-electron chi connectivity index (χ2n) is 7.95. The average molecular weight is 434 g/mol. The van der Waals surface area contributed by atoms with Gasteiger partial charge in [-0.15, -0.1) is 11.3 Å². The van der Waals surface area contributed by atoms with Crippen LogP contribution in [0.2, 0.25) is 0 Å². The number of ketones is 1. The molecule has 2 atom stereocenters. The zero-order chi connectivity index (χ0) is 21.7. The molecule has 0 bridgehead atoms. The Bertz CT molecular complexity index is 929. The number of alkyl halides is 2. The van der Waals surface area contributed by atoms with E-state index in [9.17, 15) is 13.6 Å². The van der Waals surface area contributed by atoms with Gasteiger partial charge in [-0.05, 0) is 43.4 Å². The van der Waals surface area contributed by atoms with Crippen molar-refractivity contribution in [2.24, 2.45) is 16.8 Å². The van der Waals surface area contributed by atoms with Crippen molar-refractivity contribution < 1.29 is 13.6 Å². The summed E-state index contributed by atoms with van der Waals surface area (Å²) in [7, 11) is 1.70. The standard InChI is InChI=1S/C23H29F2N3OS/c1-4-20-16(18-14-27-22(28-18)8-6-12-26-3)13-21(30-20)19(29)10-9-17-15(2)7-5-11-23(17,24)25/h6,8,12-15,17H,4-5,7,9-11H2,1-3H3,(H,27,28)/b8-6-,26-12?. The Balaban J connectivity index is 1.73. The van der Waals surface area contributed by atoms with E-state index in [0.29, 0.717) is 17.1 Å². The van der Waals surface area contributed by atoms with Gasteiger partial charge in [0.1, 0.15) is 5.82 Å². The van der Waals surface area contributed by atoms with Crippen LogP contribution in [-0.2, 0) is 6.42 Å². The monoisotopic (exact) mass is 433 g/mol. The zero-order valence-electron chi connectivity index (χ0n) is 17.8. The number of carbonyl (C=O) groups is 1. The highest BCUT2D eigenvalue weighted by molar-refractivity contribution is 7.14. The number of thiophene rings is 1. The molecule has 2 unspecified atom stereocenters. The minimum absolute atomic E-state index is 0.0409. The molecule has 1 N–H and O–H groups in total. The maximum Gasteiger partial charge on any atom is 0.251 e. The number of rotatable bonds is 8. The van der Waals surface area contributed by atoms with Crippen LogP contribution in [0, 0.1) is 11.8 Å². The molecular formula is C23H29F2N3OS. The van der Waals surface area contributed by atoms with E-state index in [1.807, 2.05) is 26.0 Å². The predicted molar refractivity (Wildman–Crippen MR) is 120 cm³/mol. The molecule has 0 aromatic carbocycles. The lowest BCUT2D eigenvalue weighted by Gasteiger charge is -2.36. The van der Waals surface area contributed by atoms with Crippen LogP contribution in [-0.4, -0.2) is 34.9 Å². The first-order valence-corrected chi connectivity index (χ1v) is 11.3. The lowest BCUT2D eigenvalue weighted by atomic mass is 9.75. The third-order valence-corrected chi connectivity index (χ3v) is 7.18. The maximum absolute atomic E-state index is 14.3. The molecule has 2 heterocycles. The molecule has 0 radical (unpaired) electrons. The second-order valence-corrected chi connectivity index (χ2v) is 9.09. The molecule has 1 saturated carbocycles. The number of aliphatic imine (C=N–C) groups is 1. The highest BCUT2D eigenvalue weighted by Crippen LogP contribution is 2.44. The number of halogens is 2. The van der Waals surface area contributed by atoms with Crippen LogP contribution in [0.25, 0.3) is 17.3 Å². The number of nitrogens with one attached hydrogen (secondary N) is 1. The number of nitrogens with zero attached hydrogens (tertiary/aromatic N) is 2. The number of aromatic nitrogens is 2. The quantitative estimate of drug-likeness (QED) is 0.384. The number of aromatic amines is 1. The van der Waals surface area contributed by atoms with E-state index in [0.717, 1.165) is 29.0 Å². The van der Waals surface area contributed by atoms with Crippen molar-refractivity contribution in [3.63, 3.8) is 0 Å². The molecular weight excluding hydrogens is 404 g/mol. The molecule has 7 heteroatoms. The van der Waals surface area contributed by atoms with Gasteiger partial charge in [-0.25, -0.2) is 13.8 Å². The Morgan fingerprint density at radius 1 is 1.47 bits per heavy atom. The molecule has 162 valence electrons. The second kappa shape index (κ2) is 9.77. The first kappa shape index (κ1) is 22.5. The van der Waals surface area contributed by atoms with Crippen molar-refractivity contribution in [3.8, 4) is 11.3 Å². The van der Waals surface area contributed by atoms with E-state index in [1.54, 1.807) is 25.5 Å². The molecule has 1 aliphatic carbocycles. The maximum atomic E-state index is 14.3. The highest BCUT2D eigenvalue weighted by Gasteiger charge is 2.44. The van der Waals surface area contributed by atoms with Gasteiger partial charge in [-0.3, -0.25) is 9.79 Å². The summed E-state index contributed by atoms with van der Waals surface area (Å²) in [6.45, 7) is 3.93. The van der Waals surface area contributed by atoms with E-state index in [2.05, 4.69) is 15.0 Å². The fourth-order valence-electron chi connectivity index (χ4n) is 4.20. The predicted octanol–water partition coefficient (Wildman–Crippen LogP) is 6.45. The van der Waals surface area contributed by atoms with Gasteiger partial charge in [-0.1, -0.05) is 20.3 Å². The molecule has 0 aliphatic heterocycles. The van der Waals surface area contributed by atoms with Crippen molar-refractivity contribution in [3.05, 3.63) is 33.9 Å². The summed E-state index contributed by atoms with van der Waals surface area (Å²) in [5.74, 6) is -2.74. The van der Waals surface area contributed by atoms with E-state index in [4.69, 9.17) is 0 Å². The van der Waals surface area contributed by atoms with Crippen molar-refractivity contribution in [1.29, 1.82) is 0 Å². The summed E-state index contributed by atoms with van der Waals surface area (Å²) < 4.78 is 28.6. The van der Waals surface area contributed by atoms with Gasteiger partial charge in [0.15, 0.2) is 5.78 Å². The molecule has 1 aliphatic rings. The fourth-order valence-corrected chi connectivity index (χ4v) is 5.28. The molecule has 0 amide bonds. The summed E-state index contributed by atoms with van der Waals surface area (Å²) in [6.07, 6.45) is 9.59. The van der Waals surface area contributed by atoms with Crippen molar-refractivity contribution in [2.75, 3.05) is 7.05 Å². The summed E-state index contributed by atoms with van der Waals surface area (Å²) >= 11 is 1.46. The van der Waals surface area contributed by atoms with E-state index >= 15 is 0 Å². The van der Waals surface area contributed by atoms with Crippen molar-refractivity contribution in [1.82, 2.24) is 9.97 Å². The number of Topliss-reactive ketones (excluding diaryl/α,β-unsaturated/α-hetero) is 1. The number of hydrogen-bond acceptors (Lipinski definition) is 4. The van der Waals surface area contributed by atoms with Crippen LogP contribution in [0.5, 0.6) is 0 Å². The minimum atomic E-state index is -2.66. The average Bonchev–Trinajstić information content (AvgIpc) is 3.34. The van der Waals surface area contributed by atoms with Gasteiger partial charge in [0.25, 0.3) is 5.92 Å². The van der Waals surface area contributed by atoms with Gasteiger partial charge in [0, 0.05) is 42.5 Å². The van der Waals surface area contributed by atoms with E-state index in [1.165, 1.54) is 11.3 Å². The fraction of sp³-hybridized carbons (Fsp3) is 0.522. The Kier molecular flexibility index (Phi) is 7.34. The van der Waals surface area contributed by atoms with Crippen LogP contribution in [0.4, 0.5) is 8.78 Å². The third kappa shape index (κ3) is 5.12. The van der Waals surface area contributed by atoms with Crippen LogP contribution in [0.1, 0.15) is 66.3 Å². The lowest BCUT2D eigenvalue weighted by Crippen LogP contribution is -2.37. The minimum Gasteiger partial charge on any atom is -0.338 e. The largest absolute Gasteiger partial charge is 0.338 e. The number of carbonyl (C=O) groups excluding carboxylic acids is 1. The summed E-state index contributed by atoms with van der Waals surface area (Å²) in [5.41, 5.74) is 1.81. The Morgan fingerprint density at radius 3 is 2.97 bits per heavy atom. The lowest BCUT2D eigenvalue weighted by molar-refractivity contribution is -0.108. The summed E-state index contributed by atoms with van der Waals surface area (Å²) in [4.78, 5) is 26.0. The number of aryl methyl sites for hydroxylation is 1. The molecule has 30 heavy (non-hydrogen) atoms. The van der Waals surface area contributed by atoms with Gasteiger partial charge >= 0.3 is 0 Å². The van der Waals surface area contributed by atoms with Gasteiger partial charge in [0.05, 0.1) is 16.8 Å². The highest BCUT2D eigenvalue weighted by atomic mass is 32.1. The SMILES string of the molecule is CCc1sc(C(=O)CCC2C(C)CCCC2(F)F)cc1-c1cnc(/C=C\C=NC)[nH]1. The number of hydrogen-bond donors (Lipinski definition) is 1. The number of allylic oxidation sites excluding steroid dienone is 1. The zero-order valence-corrected chi connectivity index (χ0v) is 18.6. The van der Waals surface area contributed by atoms with Gasteiger partial charge in [0.2, 0.25) is 0 Å². The van der Waals surface area contributed by atoms with E-state index < -0.39 is 11.8 Å². The Hall–Kier alpha value is -2.15. The van der Waals surface area contributed by atoms with Crippen LogP contribution >= 0.6 is 11.3 Å². The molecule has 2 aromatic heterocycles. The van der Waals surface area contributed by atoms with Crippen molar-refractivity contribution in [2.45, 2.75) is 58.3 Å². The van der Waals surface area contributed by atoms with Crippen LogP contribution in [0.15, 0.2) is 23.3 Å². The summed E-state index contributed by atoms with van der Waals surface area (Å²) in [5, 5.41) is 0. The molecule has 3 rings (SSSR count). The molecule has 1 fully saturated rings. The van der Waals surface area contributed by atoms with Crippen molar-refractivity contribution >= 4 is 29.4 Å². The number of imidazole rings is 1. The molecule has 4 nitrogen and oxygen atoms in total. The first-order valence-electron chi connectivity index (χ1n) is 10.5. The first-order chi connectivity index (χ1) is 14.4. The summed E-state index contributed by atoms with van der Waals surface area (Å²) in [6, 6.07) is 1.88.